The first kappa shape index (κ1) is 24.1. The van der Waals surface area contributed by atoms with Gasteiger partial charge in [0.25, 0.3) is 10.0 Å². The molecule has 35 heavy (non-hydrogen) atoms. The molecule has 0 spiro atoms. The van der Waals surface area contributed by atoms with Crippen LogP contribution in [0.5, 0.6) is 0 Å². The average Bonchev–Trinajstić information content (AvgIpc) is 3.48. The van der Waals surface area contributed by atoms with Crippen molar-refractivity contribution < 1.29 is 16.8 Å². The van der Waals surface area contributed by atoms with Crippen LogP contribution in [-0.4, -0.2) is 43.1 Å². The third-order valence-electron chi connectivity index (χ3n) is 7.13. The molecule has 0 amide bonds. The van der Waals surface area contributed by atoms with Crippen molar-refractivity contribution in [1.29, 1.82) is 0 Å². The molecule has 188 valence electrons. The van der Waals surface area contributed by atoms with Crippen molar-refractivity contribution in [2.75, 3.05) is 11.1 Å². The van der Waals surface area contributed by atoms with E-state index >= 15 is 0 Å². The number of pyridine rings is 1. The highest BCUT2D eigenvalue weighted by molar-refractivity contribution is 7.90. The van der Waals surface area contributed by atoms with E-state index < -0.39 is 20.0 Å². The molecule has 0 aliphatic heterocycles. The molecule has 2 fully saturated rings. The second-order valence-corrected chi connectivity index (χ2v) is 13.5. The molecule has 2 aromatic heterocycles. The monoisotopic (exact) mass is 517 g/mol. The van der Waals surface area contributed by atoms with Crippen molar-refractivity contribution >= 4 is 42.5 Å². The van der Waals surface area contributed by atoms with Crippen LogP contribution >= 0.6 is 0 Å². The summed E-state index contributed by atoms with van der Waals surface area (Å²) in [6, 6.07) is 8.26. The first-order chi connectivity index (χ1) is 16.6. The van der Waals surface area contributed by atoms with E-state index in [4.69, 9.17) is 5.73 Å². The highest BCUT2D eigenvalue weighted by Gasteiger charge is 2.41. The Labute approximate surface area is 206 Å². The van der Waals surface area contributed by atoms with Crippen molar-refractivity contribution in [3.8, 4) is 0 Å². The Balaban J connectivity index is 1.44. The largest absolute Gasteiger partial charge is 0.396 e. The van der Waals surface area contributed by atoms with E-state index in [1.807, 2.05) is 6.92 Å². The Morgan fingerprint density at radius 1 is 1.09 bits per heavy atom. The number of sulfonamides is 1. The van der Waals surface area contributed by atoms with E-state index in [0.717, 1.165) is 31.2 Å². The van der Waals surface area contributed by atoms with E-state index in [1.54, 1.807) is 30.3 Å². The van der Waals surface area contributed by atoms with Crippen LogP contribution in [0.15, 0.2) is 47.6 Å². The number of nitrogens with two attached hydrogens (primary N) is 1. The van der Waals surface area contributed by atoms with Gasteiger partial charge in [0.1, 0.15) is 0 Å². The van der Waals surface area contributed by atoms with Crippen molar-refractivity contribution in [2.24, 2.45) is 5.92 Å². The van der Waals surface area contributed by atoms with Crippen LogP contribution in [0.2, 0.25) is 0 Å². The third-order valence-corrected chi connectivity index (χ3v) is 10.8. The Kier molecular flexibility index (Phi) is 6.05. The standard InChI is InChI=1S/C24H31N5O4S2/c1-3-16-12-17(28-34(30,31)18-8-9-18)13-22(16)27-23-20-10-11-29(24(20)26-14-21(23)25)35(32,33)19-6-4-15(2)5-7-19/h4-7,10-11,14,16-18,22,28H,3,8-9,12-13,25H2,1-2H3,(H,26,27)/t16-,17?,22?/m1/s1. The van der Waals surface area contributed by atoms with E-state index in [1.165, 1.54) is 16.4 Å². The van der Waals surface area contributed by atoms with E-state index in [-0.39, 0.29) is 28.1 Å². The second kappa shape index (κ2) is 8.79. The summed E-state index contributed by atoms with van der Waals surface area (Å²) < 4.78 is 55.6. The van der Waals surface area contributed by atoms with Gasteiger partial charge < -0.3 is 11.1 Å². The topological polar surface area (TPSA) is 136 Å². The highest BCUT2D eigenvalue weighted by atomic mass is 32.2. The minimum Gasteiger partial charge on any atom is -0.396 e. The predicted molar refractivity (Wildman–Crippen MR) is 137 cm³/mol. The average molecular weight is 518 g/mol. The van der Waals surface area contributed by atoms with Gasteiger partial charge in [-0.3, -0.25) is 0 Å². The molecule has 0 saturated heterocycles. The molecule has 2 saturated carbocycles. The van der Waals surface area contributed by atoms with Crippen LogP contribution < -0.4 is 15.8 Å². The summed E-state index contributed by atoms with van der Waals surface area (Å²) in [6.07, 6.45) is 6.69. The quantitative estimate of drug-likeness (QED) is 0.417. The number of hydrogen-bond donors (Lipinski definition) is 3. The summed E-state index contributed by atoms with van der Waals surface area (Å²) >= 11 is 0. The molecule has 4 N–H and O–H groups in total. The van der Waals surface area contributed by atoms with Gasteiger partial charge in [-0.1, -0.05) is 31.0 Å². The normalized spacial score (nSPS) is 23.1. The molecule has 3 atom stereocenters. The van der Waals surface area contributed by atoms with Gasteiger partial charge in [0, 0.05) is 23.7 Å². The predicted octanol–water partition coefficient (Wildman–Crippen LogP) is 3.21. The molecular formula is C24H31N5O4S2. The summed E-state index contributed by atoms with van der Waals surface area (Å²) in [5.41, 5.74) is 8.59. The highest BCUT2D eigenvalue weighted by Crippen LogP contribution is 2.37. The maximum absolute atomic E-state index is 13.3. The molecule has 2 aliphatic carbocycles. The molecule has 5 rings (SSSR count). The number of nitrogen functional groups attached to an aromatic ring is 1. The van der Waals surface area contributed by atoms with Crippen LogP contribution in [0, 0.1) is 12.8 Å². The van der Waals surface area contributed by atoms with Crippen molar-refractivity contribution in [3.05, 3.63) is 48.3 Å². The minimum atomic E-state index is -3.83. The van der Waals surface area contributed by atoms with Crippen molar-refractivity contribution in [3.63, 3.8) is 0 Å². The number of rotatable bonds is 8. The van der Waals surface area contributed by atoms with Crippen LogP contribution in [0.25, 0.3) is 11.0 Å². The SMILES string of the molecule is CC[C@@H]1CC(NS(=O)(=O)C2CC2)CC1Nc1c(N)cnc2c1ccn2S(=O)(=O)c1ccc(C)cc1. The van der Waals surface area contributed by atoms with Crippen LogP contribution in [0.3, 0.4) is 0 Å². The maximum Gasteiger partial charge on any atom is 0.269 e. The molecule has 0 radical (unpaired) electrons. The van der Waals surface area contributed by atoms with Gasteiger partial charge in [0.05, 0.1) is 27.7 Å². The lowest BCUT2D eigenvalue weighted by molar-refractivity contribution is 0.480. The van der Waals surface area contributed by atoms with Crippen molar-refractivity contribution in [1.82, 2.24) is 13.7 Å². The summed E-state index contributed by atoms with van der Waals surface area (Å²) in [6.45, 7) is 3.99. The van der Waals surface area contributed by atoms with Gasteiger partial charge in [0.2, 0.25) is 10.0 Å². The third kappa shape index (κ3) is 4.52. The van der Waals surface area contributed by atoms with Gasteiger partial charge >= 0.3 is 0 Å². The van der Waals surface area contributed by atoms with E-state index in [0.29, 0.717) is 28.8 Å². The number of benzene rings is 1. The second-order valence-electron chi connectivity index (χ2n) is 9.71. The van der Waals surface area contributed by atoms with Crippen LogP contribution in [-0.2, 0) is 20.0 Å². The summed E-state index contributed by atoms with van der Waals surface area (Å²) in [5.74, 6) is 0.253. The fraction of sp³-hybridized carbons (Fsp3) is 0.458. The van der Waals surface area contributed by atoms with Gasteiger partial charge in [-0.05, 0) is 56.7 Å². The lowest BCUT2D eigenvalue weighted by atomic mass is 10.00. The van der Waals surface area contributed by atoms with Gasteiger partial charge in [-0.2, -0.15) is 0 Å². The minimum absolute atomic E-state index is 0.00291. The molecule has 11 heteroatoms. The van der Waals surface area contributed by atoms with E-state index in [9.17, 15) is 16.8 Å². The Morgan fingerprint density at radius 3 is 2.46 bits per heavy atom. The maximum atomic E-state index is 13.3. The number of aromatic nitrogens is 2. The molecule has 9 nitrogen and oxygen atoms in total. The van der Waals surface area contributed by atoms with Gasteiger partial charge in [-0.15, -0.1) is 0 Å². The number of anilines is 2. The van der Waals surface area contributed by atoms with Crippen molar-refractivity contribution in [2.45, 2.75) is 68.2 Å². The molecular weight excluding hydrogens is 486 g/mol. The lowest BCUT2D eigenvalue weighted by Crippen LogP contribution is -2.36. The fourth-order valence-corrected chi connectivity index (χ4v) is 7.91. The molecule has 2 heterocycles. The summed E-state index contributed by atoms with van der Waals surface area (Å²) in [4.78, 5) is 4.52. The fourth-order valence-electron chi connectivity index (χ4n) is 5.00. The molecule has 2 unspecified atom stereocenters. The van der Waals surface area contributed by atoms with Crippen LogP contribution in [0.1, 0.15) is 44.6 Å². The number of fused-ring (bicyclic) bond motifs is 1. The van der Waals surface area contributed by atoms with Gasteiger partial charge in [-0.25, -0.2) is 30.5 Å². The molecule has 2 aliphatic rings. The molecule has 1 aromatic carbocycles. The zero-order chi connectivity index (χ0) is 25.0. The first-order valence-corrected chi connectivity index (χ1v) is 14.9. The zero-order valence-electron chi connectivity index (χ0n) is 19.8. The summed E-state index contributed by atoms with van der Waals surface area (Å²) in [7, 11) is -7.10. The Bertz CT molecular complexity index is 1460. The summed E-state index contributed by atoms with van der Waals surface area (Å²) in [5, 5.41) is 3.88. The molecule has 3 aromatic rings. The Hall–Kier alpha value is -2.63. The van der Waals surface area contributed by atoms with Gasteiger partial charge in [0.15, 0.2) is 5.65 Å². The lowest BCUT2D eigenvalue weighted by Gasteiger charge is -2.22. The molecule has 0 bridgehead atoms. The number of hydrogen-bond acceptors (Lipinski definition) is 7. The van der Waals surface area contributed by atoms with E-state index in [2.05, 4.69) is 21.9 Å². The number of aryl methyl sites for hydroxylation is 1. The number of nitrogens with one attached hydrogen (secondary N) is 2. The first-order valence-electron chi connectivity index (χ1n) is 12.0. The van der Waals surface area contributed by atoms with Crippen LogP contribution in [0.4, 0.5) is 11.4 Å². The zero-order valence-corrected chi connectivity index (χ0v) is 21.4. The Morgan fingerprint density at radius 2 is 1.80 bits per heavy atom. The smallest absolute Gasteiger partial charge is 0.269 e. The number of nitrogens with zero attached hydrogens (tertiary/aromatic N) is 2.